The second-order valence-corrected chi connectivity index (χ2v) is 9.89. The Bertz CT molecular complexity index is 1190. The Kier molecular flexibility index (Phi) is 5.93. The van der Waals surface area contributed by atoms with Crippen molar-refractivity contribution in [3.63, 3.8) is 0 Å². The van der Waals surface area contributed by atoms with Crippen molar-refractivity contribution in [2.75, 3.05) is 37.0 Å². The standard InChI is InChI=1S/C24H27ClFN7O2/c1-34-20-10-19(11-27-30-20)32-12-14-3-4-15(13-32)21(14)28-24-29-23-22(35-6-2-5-33(23)31-24)16-7-17(25)9-18(26)8-16/h7-11,14-15,21-22H,2-6,12-13H2,1H3,(H,28,31)/t14-,15+,21-,22-/m0/s1. The fourth-order valence-electron chi connectivity index (χ4n) is 5.66. The van der Waals surface area contributed by atoms with Crippen LogP contribution < -0.4 is 15.0 Å². The Morgan fingerprint density at radius 2 is 2.00 bits per heavy atom. The summed E-state index contributed by atoms with van der Waals surface area (Å²) in [5.74, 6) is 2.33. The molecule has 35 heavy (non-hydrogen) atoms. The third kappa shape index (κ3) is 4.40. The lowest BCUT2D eigenvalue weighted by Crippen LogP contribution is -2.48. The predicted molar refractivity (Wildman–Crippen MR) is 128 cm³/mol. The number of hydrogen-bond donors (Lipinski definition) is 1. The van der Waals surface area contributed by atoms with E-state index < -0.39 is 11.9 Å². The van der Waals surface area contributed by atoms with E-state index in [4.69, 9.17) is 31.2 Å². The molecule has 4 heterocycles. The summed E-state index contributed by atoms with van der Waals surface area (Å²) in [6.45, 7) is 3.09. The molecule has 2 aliphatic heterocycles. The van der Waals surface area contributed by atoms with E-state index in [9.17, 15) is 4.39 Å². The summed E-state index contributed by atoms with van der Waals surface area (Å²) in [7, 11) is 1.60. The molecular formula is C24H27ClFN7O2. The number of rotatable bonds is 5. The number of halogens is 2. The number of aromatic nitrogens is 5. The van der Waals surface area contributed by atoms with E-state index in [1.54, 1.807) is 19.4 Å². The number of piperidine rings is 1. The second-order valence-electron chi connectivity index (χ2n) is 9.45. The zero-order valence-electron chi connectivity index (χ0n) is 19.4. The van der Waals surface area contributed by atoms with E-state index in [1.165, 1.54) is 12.1 Å². The summed E-state index contributed by atoms with van der Waals surface area (Å²) in [6.07, 6.45) is 4.39. The normalized spacial score (nSPS) is 25.7. The highest BCUT2D eigenvalue weighted by atomic mass is 35.5. The molecule has 0 amide bonds. The van der Waals surface area contributed by atoms with Crippen molar-refractivity contribution in [1.82, 2.24) is 25.0 Å². The van der Waals surface area contributed by atoms with Gasteiger partial charge in [-0.1, -0.05) is 11.6 Å². The summed E-state index contributed by atoms with van der Waals surface area (Å²) in [5.41, 5.74) is 1.68. The van der Waals surface area contributed by atoms with E-state index in [0.29, 0.717) is 53.2 Å². The Morgan fingerprint density at radius 1 is 1.17 bits per heavy atom. The maximum Gasteiger partial charge on any atom is 0.242 e. The fourth-order valence-corrected chi connectivity index (χ4v) is 5.89. The van der Waals surface area contributed by atoms with Crippen molar-refractivity contribution in [3.8, 4) is 5.88 Å². The summed E-state index contributed by atoms with van der Waals surface area (Å²) in [5, 5.41) is 16.8. The average molecular weight is 500 g/mol. The molecule has 2 bridgehead atoms. The van der Waals surface area contributed by atoms with Gasteiger partial charge in [0, 0.05) is 43.4 Å². The van der Waals surface area contributed by atoms with Gasteiger partial charge in [-0.2, -0.15) is 10.1 Å². The quantitative estimate of drug-likeness (QED) is 0.568. The minimum Gasteiger partial charge on any atom is -0.480 e. The van der Waals surface area contributed by atoms with Crippen molar-refractivity contribution in [2.45, 2.75) is 38.0 Å². The van der Waals surface area contributed by atoms with Crippen LogP contribution in [0, 0.1) is 17.7 Å². The molecule has 1 N–H and O–H groups in total. The van der Waals surface area contributed by atoms with Gasteiger partial charge >= 0.3 is 0 Å². The number of hydrogen-bond acceptors (Lipinski definition) is 8. The number of aryl methyl sites for hydroxylation is 1. The Hall–Kier alpha value is -2.98. The molecule has 0 radical (unpaired) electrons. The first-order chi connectivity index (χ1) is 17.1. The van der Waals surface area contributed by atoms with Crippen LogP contribution in [0.2, 0.25) is 5.02 Å². The molecule has 1 saturated heterocycles. The maximum atomic E-state index is 14.1. The van der Waals surface area contributed by atoms with Gasteiger partial charge in [0.25, 0.3) is 0 Å². The lowest BCUT2D eigenvalue weighted by Gasteiger charge is -2.39. The molecule has 2 aromatic heterocycles. The van der Waals surface area contributed by atoms with Crippen LogP contribution in [-0.2, 0) is 11.3 Å². The number of ether oxygens (including phenoxy) is 2. The van der Waals surface area contributed by atoms with Gasteiger partial charge in [-0.05, 0) is 54.9 Å². The molecule has 0 unspecified atom stereocenters. The van der Waals surface area contributed by atoms with Gasteiger partial charge in [0.05, 0.1) is 19.0 Å². The molecule has 3 aromatic rings. The first kappa shape index (κ1) is 22.5. The molecule has 11 heteroatoms. The van der Waals surface area contributed by atoms with Crippen LogP contribution in [0.25, 0.3) is 0 Å². The van der Waals surface area contributed by atoms with Gasteiger partial charge in [0.1, 0.15) is 11.9 Å². The lowest BCUT2D eigenvalue weighted by atomic mass is 9.92. The van der Waals surface area contributed by atoms with E-state index in [-0.39, 0.29) is 6.04 Å². The van der Waals surface area contributed by atoms with Gasteiger partial charge in [-0.3, -0.25) is 0 Å². The lowest BCUT2D eigenvalue weighted by molar-refractivity contribution is 0.0810. The fraction of sp³-hybridized carbons (Fsp3) is 0.500. The first-order valence-corrected chi connectivity index (χ1v) is 12.4. The number of methoxy groups -OCH3 is 1. The number of nitrogens with one attached hydrogen (secondary N) is 1. The van der Waals surface area contributed by atoms with Crippen molar-refractivity contribution in [3.05, 3.63) is 52.7 Å². The van der Waals surface area contributed by atoms with Crippen LogP contribution in [0.1, 0.15) is 36.8 Å². The van der Waals surface area contributed by atoms with Crippen LogP contribution >= 0.6 is 11.6 Å². The SMILES string of the molecule is COc1cc(N2C[C@H]3CC[C@@H](C2)[C@@H]3Nc2nc3n(n2)CCCO[C@H]3c2cc(F)cc(Cl)c2)cnn1. The molecule has 0 spiro atoms. The number of anilines is 2. The first-order valence-electron chi connectivity index (χ1n) is 12.0. The highest BCUT2D eigenvalue weighted by molar-refractivity contribution is 6.30. The molecule has 1 aromatic carbocycles. The van der Waals surface area contributed by atoms with Gasteiger partial charge in [-0.15, -0.1) is 10.2 Å². The summed E-state index contributed by atoms with van der Waals surface area (Å²) in [4.78, 5) is 7.19. The van der Waals surface area contributed by atoms with Crippen molar-refractivity contribution in [1.29, 1.82) is 0 Å². The van der Waals surface area contributed by atoms with Crippen molar-refractivity contribution in [2.24, 2.45) is 11.8 Å². The van der Waals surface area contributed by atoms with Crippen LogP contribution in [-0.4, -0.2) is 57.8 Å². The minimum absolute atomic E-state index is 0.289. The second kappa shape index (κ2) is 9.23. The maximum absolute atomic E-state index is 14.1. The summed E-state index contributed by atoms with van der Waals surface area (Å²) in [6, 6.07) is 6.70. The molecule has 4 atom stereocenters. The third-order valence-electron chi connectivity index (χ3n) is 7.24. The molecular weight excluding hydrogens is 473 g/mol. The zero-order valence-corrected chi connectivity index (χ0v) is 20.2. The monoisotopic (exact) mass is 499 g/mol. The minimum atomic E-state index is -0.513. The van der Waals surface area contributed by atoms with Gasteiger partial charge in [-0.25, -0.2) is 9.07 Å². The van der Waals surface area contributed by atoms with Crippen LogP contribution in [0.5, 0.6) is 5.88 Å². The average Bonchev–Trinajstić information content (AvgIpc) is 3.25. The molecule has 9 nitrogen and oxygen atoms in total. The summed E-state index contributed by atoms with van der Waals surface area (Å²) >= 11 is 6.11. The van der Waals surface area contributed by atoms with Crippen molar-refractivity contribution < 1.29 is 13.9 Å². The highest BCUT2D eigenvalue weighted by Gasteiger charge is 2.43. The van der Waals surface area contributed by atoms with Crippen molar-refractivity contribution >= 4 is 23.2 Å². The van der Waals surface area contributed by atoms with Crippen LogP contribution in [0.4, 0.5) is 16.0 Å². The van der Waals surface area contributed by atoms with Crippen LogP contribution in [0.3, 0.4) is 0 Å². The number of fused-ring (bicyclic) bond motifs is 3. The molecule has 3 aliphatic rings. The zero-order chi connectivity index (χ0) is 23.9. The Morgan fingerprint density at radius 3 is 2.77 bits per heavy atom. The topological polar surface area (TPSA) is 90.2 Å². The van der Waals surface area contributed by atoms with Gasteiger partial charge < -0.3 is 19.7 Å². The third-order valence-corrected chi connectivity index (χ3v) is 7.46. The van der Waals surface area contributed by atoms with Crippen LogP contribution in [0.15, 0.2) is 30.5 Å². The Balaban J connectivity index is 1.21. The molecule has 6 rings (SSSR count). The Labute approximate surface area is 207 Å². The van der Waals surface area contributed by atoms with E-state index in [1.807, 2.05) is 10.7 Å². The number of benzene rings is 1. The predicted octanol–water partition coefficient (Wildman–Crippen LogP) is 3.71. The molecule has 184 valence electrons. The smallest absolute Gasteiger partial charge is 0.242 e. The van der Waals surface area contributed by atoms with E-state index in [0.717, 1.165) is 38.0 Å². The number of nitrogens with zero attached hydrogens (tertiary/aromatic N) is 6. The van der Waals surface area contributed by atoms with E-state index in [2.05, 4.69) is 20.4 Å². The molecule has 1 saturated carbocycles. The largest absolute Gasteiger partial charge is 0.480 e. The molecule has 2 fully saturated rings. The highest BCUT2D eigenvalue weighted by Crippen LogP contribution is 2.40. The van der Waals surface area contributed by atoms with E-state index >= 15 is 0 Å². The van der Waals surface area contributed by atoms with Gasteiger partial charge in [0.2, 0.25) is 11.8 Å². The summed E-state index contributed by atoms with van der Waals surface area (Å²) < 4.78 is 27.2. The molecule has 1 aliphatic carbocycles. The van der Waals surface area contributed by atoms with Gasteiger partial charge in [0.15, 0.2) is 5.82 Å².